The number of rotatable bonds is 7. The number of halogens is 1. The number of esters is 1. The molecular formula is C22H18FN3O5S2. The van der Waals surface area contributed by atoms with Crippen molar-refractivity contribution in [2.45, 2.75) is 24.8 Å². The van der Waals surface area contributed by atoms with Gasteiger partial charge in [0.1, 0.15) is 16.9 Å². The van der Waals surface area contributed by atoms with Crippen LogP contribution < -0.4 is 10.0 Å². The van der Waals surface area contributed by atoms with Gasteiger partial charge < -0.3 is 10.1 Å². The number of nitrogens with one attached hydrogen (secondary N) is 2. The van der Waals surface area contributed by atoms with E-state index in [1.807, 2.05) is 6.07 Å². The molecule has 0 saturated carbocycles. The second kappa shape index (κ2) is 9.81. The van der Waals surface area contributed by atoms with Gasteiger partial charge in [-0.2, -0.15) is 5.26 Å². The van der Waals surface area contributed by atoms with Crippen molar-refractivity contribution in [3.05, 3.63) is 76.4 Å². The lowest BCUT2D eigenvalue weighted by atomic mass is 10.1. The highest BCUT2D eigenvalue weighted by molar-refractivity contribution is 7.92. The number of anilines is 2. The molecule has 0 aliphatic carbocycles. The number of benzene rings is 2. The van der Waals surface area contributed by atoms with Crippen molar-refractivity contribution in [1.29, 1.82) is 5.26 Å². The third-order valence-corrected chi connectivity index (χ3v) is 6.84. The number of nitrogens with zero attached hydrogens (tertiary/aromatic N) is 1. The normalized spacial score (nSPS) is 11.8. The van der Waals surface area contributed by atoms with Crippen LogP contribution >= 0.6 is 11.3 Å². The van der Waals surface area contributed by atoms with E-state index in [2.05, 4.69) is 10.0 Å². The molecule has 0 aliphatic rings. The van der Waals surface area contributed by atoms with E-state index in [4.69, 9.17) is 10.00 Å². The van der Waals surface area contributed by atoms with Gasteiger partial charge in [-0.15, -0.1) is 11.3 Å². The summed E-state index contributed by atoms with van der Waals surface area (Å²) in [5.41, 5.74) is 0.732. The molecule has 2 N–H and O–H groups in total. The number of carbonyl (C=O) groups excluding carboxylic acids is 2. The number of ether oxygens (including phenoxy) is 1. The Kier molecular flexibility index (Phi) is 7.10. The first-order valence-corrected chi connectivity index (χ1v) is 11.9. The third-order valence-electron chi connectivity index (χ3n) is 4.49. The van der Waals surface area contributed by atoms with Crippen LogP contribution in [-0.4, -0.2) is 26.4 Å². The van der Waals surface area contributed by atoms with Gasteiger partial charge in [-0.1, -0.05) is 6.07 Å². The summed E-state index contributed by atoms with van der Waals surface area (Å²) in [6.45, 7) is 2.91. The Morgan fingerprint density at radius 1 is 1.15 bits per heavy atom. The van der Waals surface area contributed by atoms with Crippen LogP contribution in [0.25, 0.3) is 0 Å². The number of sulfonamides is 1. The Balaban J connectivity index is 1.75. The lowest BCUT2D eigenvalue weighted by Gasteiger charge is -2.15. The number of thiophene rings is 1. The van der Waals surface area contributed by atoms with Gasteiger partial charge in [-0.3, -0.25) is 9.52 Å². The fourth-order valence-electron chi connectivity index (χ4n) is 2.73. The smallest absolute Gasteiger partial charge is 0.338 e. The summed E-state index contributed by atoms with van der Waals surface area (Å²) in [4.78, 5) is 24.7. The quantitative estimate of drug-likeness (QED) is 0.484. The molecule has 170 valence electrons. The average Bonchev–Trinajstić information content (AvgIpc) is 3.22. The number of nitriles is 1. The van der Waals surface area contributed by atoms with E-state index >= 15 is 0 Å². The van der Waals surface area contributed by atoms with E-state index in [1.54, 1.807) is 18.4 Å². The molecule has 1 atom stereocenters. The number of hydrogen-bond acceptors (Lipinski definition) is 7. The molecule has 8 nitrogen and oxygen atoms in total. The lowest BCUT2D eigenvalue weighted by molar-refractivity contribution is -0.123. The van der Waals surface area contributed by atoms with Crippen molar-refractivity contribution in [1.82, 2.24) is 0 Å². The van der Waals surface area contributed by atoms with Gasteiger partial charge in [0.2, 0.25) is 0 Å². The molecule has 3 rings (SSSR count). The fourth-order valence-corrected chi connectivity index (χ4v) is 4.81. The van der Waals surface area contributed by atoms with E-state index in [9.17, 15) is 22.4 Å². The van der Waals surface area contributed by atoms with Crippen LogP contribution in [-0.2, 0) is 19.6 Å². The molecule has 0 saturated heterocycles. The topological polar surface area (TPSA) is 125 Å². The van der Waals surface area contributed by atoms with Crippen LogP contribution in [0.4, 0.5) is 15.1 Å². The monoisotopic (exact) mass is 487 g/mol. The molecular weight excluding hydrogens is 469 g/mol. The molecule has 0 bridgehead atoms. The molecule has 0 radical (unpaired) electrons. The van der Waals surface area contributed by atoms with Gasteiger partial charge in [0, 0.05) is 5.69 Å². The number of amides is 1. The van der Waals surface area contributed by atoms with E-state index in [1.165, 1.54) is 31.2 Å². The fraction of sp³-hybridized carbons (Fsp3) is 0.136. The van der Waals surface area contributed by atoms with E-state index in [0.29, 0.717) is 10.6 Å². The molecule has 0 aliphatic heterocycles. The van der Waals surface area contributed by atoms with Crippen LogP contribution in [0, 0.1) is 24.1 Å². The molecule has 0 spiro atoms. The largest absolute Gasteiger partial charge is 0.449 e. The van der Waals surface area contributed by atoms with Gasteiger partial charge in [0.25, 0.3) is 15.9 Å². The minimum absolute atomic E-state index is 0.0754. The van der Waals surface area contributed by atoms with Gasteiger partial charge >= 0.3 is 5.97 Å². The maximum Gasteiger partial charge on any atom is 0.338 e. The Hall–Kier alpha value is -3.75. The zero-order valence-corrected chi connectivity index (χ0v) is 19.1. The Bertz CT molecular complexity index is 1350. The highest BCUT2D eigenvalue weighted by Crippen LogP contribution is 2.24. The summed E-state index contributed by atoms with van der Waals surface area (Å²) < 4.78 is 46.2. The van der Waals surface area contributed by atoms with Gasteiger partial charge in [0.05, 0.1) is 16.0 Å². The highest BCUT2D eigenvalue weighted by Gasteiger charge is 2.23. The molecule has 3 aromatic rings. The SMILES string of the molecule is Cc1ccc(C(=O)O[C@@H](C)C(=O)Nc2sccc2C#N)cc1S(=O)(=O)Nc1ccc(F)cc1. The van der Waals surface area contributed by atoms with Crippen molar-refractivity contribution in [3.8, 4) is 6.07 Å². The molecule has 1 aromatic heterocycles. The molecule has 1 amide bonds. The minimum atomic E-state index is -4.09. The predicted octanol–water partition coefficient (Wildman–Crippen LogP) is 4.05. The van der Waals surface area contributed by atoms with E-state index in [-0.39, 0.29) is 21.7 Å². The second-order valence-electron chi connectivity index (χ2n) is 6.90. The molecule has 1 heterocycles. The third kappa shape index (κ3) is 5.74. The molecule has 33 heavy (non-hydrogen) atoms. The molecule has 11 heteroatoms. The molecule has 0 unspecified atom stereocenters. The van der Waals surface area contributed by atoms with Gasteiger partial charge in [-0.25, -0.2) is 17.6 Å². The van der Waals surface area contributed by atoms with Gasteiger partial charge in [0.15, 0.2) is 6.10 Å². The van der Waals surface area contributed by atoms with Crippen LogP contribution in [0.3, 0.4) is 0 Å². The first-order valence-electron chi connectivity index (χ1n) is 9.49. The van der Waals surface area contributed by atoms with Crippen molar-refractivity contribution in [2.24, 2.45) is 0 Å². The Morgan fingerprint density at radius 3 is 2.52 bits per heavy atom. The zero-order chi connectivity index (χ0) is 24.2. The van der Waals surface area contributed by atoms with Crippen molar-refractivity contribution in [2.75, 3.05) is 10.0 Å². The minimum Gasteiger partial charge on any atom is -0.449 e. The summed E-state index contributed by atoms with van der Waals surface area (Å²) in [7, 11) is -4.09. The average molecular weight is 488 g/mol. The van der Waals surface area contributed by atoms with Crippen molar-refractivity contribution >= 4 is 43.9 Å². The van der Waals surface area contributed by atoms with E-state index in [0.717, 1.165) is 29.5 Å². The number of carbonyl (C=O) groups is 2. The number of aryl methyl sites for hydroxylation is 1. The van der Waals surface area contributed by atoms with Crippen molar-refractivity contribution in [3.63, 3.8) is 0 Å². The number of hydrogen-bond donors (Lipinski definition) is 2. The van der Waals surface area contributed by atoms with Gasteiger partial charge in [-0.05, 0) is 67.3 Å². The van der Waals surface area contributed by atoms with Crippen LogP contribution in [0.15, 0.2) is 58.8 Å². The predicted molar refractivity (Wildman–Crippen MR) is 121 cm³/mol. The molecule has 2 aromatic carbocycles. The highest BCUT2D eigenvalue weighted by atomic mass is 32.2. The summed E-state index contributed by atoms with van der Waals surface area (Å²) >= 11 is 1.15. The van der Waals surface area contributed by atoms with Crippen LogP contribution in [0.1, 0.15) is 28.4 Å². The van der Waals surface area contributed by atoms with Crippen LogP contribution in [0.5, 0.6) is 0 Å². The standard InChI is InChI=1S/C22H18FN3O5S2/c1-13-3-4-15(11-19(13)33(29,30)26-18-7-5-17(23)6-8-18)22(28)31-14(2)20(27)25-21-16(12-24)9-10-32-21/h3-11,14,26H,1-2H3,(H,25,27)/t14-/m0/s1. The summed E-state index contributed by atoms with van der Waals surface area (Å²) in [5, 5.41) is 13.5. The van der Waals surface area contributed by atoms with E-state index < -0.39 is 33.8 Å². The summed E-state index contributed by atoms with van der Waals surface area (Å²) in [6, 6.07) is 12.2. The maximum atomic E-state index is 13.1. The zero-order valence-electron chi connectivity index (χ0n) is 17.5. The first-order chi connectivity index (χ1) is 15.6. The summed E-state index contributed by atoms with van der Waals surface area (Å²) in [5.74, 6) is -2.05. The second-order valence-corrected chi connectivity index (χ2v) is 9.47. The van der Waals surface area contributed by atoms with Crippen molar-refractivity contribution < 1.29 is 27.1 Å². The Morgan fingerprint density at radius 2 is 1.85 bits per heavy atom. The first kappa shape index (κ1) is 23.9. The summed E-state index contributed by atoms with van der Waals surface area (Å²) in [6.07, 6.45) is -1.20. The maximum absolute atomic E-state index is 13.1. The lowest BCUT2D eigenvalue weighted by Crippen LogP contribution is -2.30. The molecule has 0 fully saturated rings. The Labute approximate surface area is 193 Å². The van der Waals surface area contributed by atoms with Crippen LogP contribution in [0.2, 0.25) is 0 Å².